The van der Waals surface area contributed by atoms with Crippen LogP contribution in [0.2, 0.25) is 0 Å². The van der Waals surface area contributed by atoms with Crippen molar-refractivity contribution in [3.8, 4) is 0 Å². The quantitative estimate of drug-likeness (QED) is 0.712. The Morgan fingerprint density at radius 2 is 2.03 bits per heavy atom. The zero-order valence-electron chi connectivity index (χ0n) is 17.1. The fourth-order valence-corrected chi connectivity index (χ4v) is 4.08. The second-order valence-corrected chi connectivity index (χ2v) is 8.03. The molecule has 1 saturated carbocycles. The molecule has 2 aromatic rings. The Bertz CT molecular complexity index is 1090. The average Bonchev–Trinajstić information content (AvgIpc) is 3.43. The van der Waals surface area contributed by atoms with Gasteiger partial charge in [-0.05, 0) is 68.0 Å². The van der Waals surface area contributed by atoms with Gasteiger partial charge in [0.2, 0.25) is 11.9 Å². The summed E-state index contributed by atoms with van der Waals surface area (Å²) in [6.45, 7) is 4.10. The molecule has 1 aromatic carbocycles. The SMILES string of the molecule is Cc1nn(CC(=O)Nc2ccc(C3CC3)cc2)c(C)c1C1=CC2N=C(N)NN2C=C1. The lowest BCUT2D eigenvalue weighted by Gasteiger charge is -2.23. The zero-order valence-corrected chi connectivity index (χ0v) is 17.1. The molecule has 1 amide bonds. The van der Waals surface area contributed by atoms with Crippen molar-refractivity contribution in [3.63, 3.8) is 0 Å². The Kier molecular flexibility index (Phi) is 4.34. The van der Waals surface area contributed by atoms with Crippen LogP contribution in [0.3, 0.4) is 0 Å². The number of carbonyl (C=O) groups excluding carboxylic acids is 1. The second kappa shape index (κ2) is 7.05. The van der Waals surface area contributed by atoms with E-state index in [0.29, 0.717) is 11.9 Å². The zero-order chi connectivity index (χ0) is 20.8. The summed E-state index contributed by atoms with van der Waals surface area (Å²) in [5.41, 5.74) is 14.8. The first-order chi connectivity index (χ1) is 14.5. The summed E-state index contributed by atoms with van der Waals surface area (Å²) >= 11 is 0. The number of carbonyl (C=O) groups is 1. The lowest BCUT2D eigenvalue weighted by molar-refractivity contribution is -0.116. The molecule has 2 aliphatic heterocycles. The number of hydrogen-bond donors (Lipinski definition) is 3. The number of guanidine groups is 1. The number of hydrogen-bond acceptors (Lipinski definition) is 6. The van der Waals surface area contributed by atoms with Gasteiger partial charge in [0.05, 0.1) is 5.69 Å². The van der Waals surface area contributed by atoms with Crippen LogP contribution in [0.4, 0.5) is 5.69 Å². The highest BCUT2D eigenvalue weighted by atomic mass is 16.2. The summed E-state index contributed by atoms with van der Waals surface area (Å²) in [5, 5.41) is 9.42. The van der Waals surface area contributed by atoms with Crippen LogP contribution in [0.1, 0.15) is 41.3 Å². The van der Waals surface area contributed by atoms with E-state index in [0.717, 1.165) is 28.2 Å². The number of aryl methyl sites for hydroxylation is 1. The minimum atomic E-state index is -0.172. The van der Waals surface area contributed by atoms with E-state index in [1.165, 1.54) is 18.4 Å². The first-order valence-electron chi connectivity index (χ1n) is 10.2. The Labute approximate surface area is 175 Å². The van der Waals surface area contributed by atoms with E-state index in [9.17, 15) is 4.79 Å². The predicted molar refractivity (Wildman–Crippen MR) is 116 cm³/mol. The number of anilines is 1. The number of allylic oxidation sites excluding steroid dienone is 2. The van der Waals surface area contributed by atoms with Crippen molar-refractivity contribution < 1.29 is 4.79 Å². The number of aliphatic imine (C=N–C) groups is 1. The fraction of sp³-hybridized carbons (Fsp3) is 0.318. The maximum absolute atomic E-state index is 12.6. The molecule has 8 nitrogen and oxygen atoms in total. The van der Waals surface area contributed by atoms with Gasteiger partial charge in [-0.15, -0.1) is 0 Å². The van der Waals surface area contributed by atoms with Crippen LogP contribution < -0.4 is 16.5 Å². The number of nitrogens with one attached hydrogen (secondary N) is 2. The number of fused-ring (bicyclic) bond motifs is 1. The molecule has 1 aromatic heterocycles. The second-order valence-electron chi connectivity index (χ2n) is 8.03. The number of rotatable bonds is 5. The van der Waals surface area contributed by atoms with Crippen molar-refractivity contribution in [2.75, 3.05) is 5.32 Å². The molecular formula is C22H25N7O. The molecule has 1 unspecified atom stereocenters. The Balaban J connectivity index is 1.30. The third-order valence-electron chi connectivity index (χ3n) is 5.75. The summed E-state index contributed by atoms with van der Waals surface area (Å²) in [5.74, 6) is 1.01. The van der Waals surface area contributed by atoms with Crippen molar-refractivity contribution in [2.45, 2.75) is 45.3 Å². The largest absolute Gasteiger partial charge is 0.368 e. The molecule has 1 aliphatic carbocycles. The normalized spacial score (nSPS) is 19.8. The molecule has 4 N–H and O–H groups in total. The highest BCUT2D eigenvalue weighted by Crippen LogP contribution is 2.40. The minimum absolute atomic E-state index is 0.0944. The fourth-order valence-electron chi connectivity index (χ4n) is 4.08. The van der Waals surface area contributed by atoms with E-state index in [2.05, 4.69) is 33.0 Å². The van der Waals surface area contributed by atoms with Crippen LogP contribution in [0.15, 0.2) is 47.6 Å². The molecule has 30 heavy (non-hydrogen) atoms. The molecule has 154 valence electrons. The van der Waals surface area contributed by atoms with E-state index >= 15 is 0 Å². The molecule has 5 rings (SSSR count). The molecule has 0 spiro atoms. The van der Waals surface area contributed by atoms with Gasteiger partial charge >= 0.3 is 0 Å². The smallest absolute Gasteiger partial charge is 0.246 e. The molecule has 1 atom stereocenters. The lowest BCUT2D eigenvalue weighted by atomic mass is 10.0. The first kappa shape index (κ1) is 18.5. The maximum Gasteiger partial charge on any atom is 0.246 e. The average molecular weight is 403 g/mol. The van der Waals surface area contributed by atoms with Gasteiger partial charge in [-0.3, -0.25) is 19.9 Å². The number of aromatic nitrogens is 2. The van der Waals surface area contributed by atoms with Gasteiger partial charge in [-0.1, -0.05) is 12.1 Å². The summed E-state index contributed by atoms with van der Waals surface area (Å²) < 4.78 is 1.75. The van der Waals surface area contributed by atoms with Crippen LogP contribution >= 0.6 is 0 Å². The molecule has 3 aliphatic rings. The molecule has 0 radical (unpaired) electrons. The van der Waals surface area contributed by atoms with Crippen molar-refractivity contribution >= 4 is 23.1 Å². The Hall–Kier alpha value is -3.55. The van der Waals surface area contributed by atoms with Gasteiger partial charge in [-0.2, -0.15) is 5.10 Å². The summed E-state index contributed by atoms with van der Waals surface area (Å²) in [6, 6.07) is 8.16. The van der Waals surface area contributed by atoms with Gasteiger partial charge in [0.15, 0.2) is 6.17 Å². The van der Waals surface area contributed by atoms with E-state index in [-0.39, 0.29) is 18.6 Å². The first-order valence-corrected chi connectivity index (χ1v) is 10.2. The van der Waals surface area contributed by atoms with Crippen LogP contribution in [-0.2, 0) is 11.3 Å². The van der Waals surface area contributed by atoms with Crippen LogP contribution in [0.5, 0.6) is 0 Å². The molecule has 8 heteroatoms. The molecular weight excluding hydrogens is 378 g/mol. The molecule has 0 bridgehead atoms. The van der Waals surface area contributed by atoms with Crippen molar-refractivity contribution in [2.24, 2.45) is 10.7 Å². The number of benzene rings is 1. The highest BCUT2D eigenvalue weighted by molar-refractivity contribution is 5.90. The van der Waals surface area contributed by atoms with Gasteiger partial charge in [0, 0.05) is 23.1 Å². The van der Waals surface area contributed by atoms with Crippen LogP contribution in [-0.4, -0.2) is 32.8 Å². The summed E-state index contributed by atoms with van der Waals surface area (Å²) in [7, 11) is 0. The maximum atomic E-state index is 12.6. The molecule has 0 saturated heterocycles. The van der Waals surface area contributed by atoms with Crippen LogP contribution in [0, 0.1) is 13.8 Å². The topological polar surface area (TPSA) is 101 Å². The van der Waals surface area contributed by atoms with E-state index < -0.39 is 0 Å². The van der Waals surface area contributed by atoms with Gasteiger partial charge in [0.25, 0.3) is 0 Å². The third-order valence-corrected chi connectivity index (χ3v) is 5.75. The van der Waals surface area contributed by atoms with Crippen molar-refractivity contribution in [1.82, 2.24) is 20.2 Å². The Morgan fingerprint density at radius 1 is 1.27 bits per heavy atom. The lowest BCUT2D eigenvalue weighted by Crippen LogP contribution is -2.39. The van der Waals surface area contributed by atoms with Crippen molar-refractivity contribution in [3.05, 3.63) is 65.1 Å². The van der Waals surface area contributed by atoms with E-state index in [1.807, 2.05) is 49.3 Å². The Morgan fingerprint density at radius 3 is 2.77 bits per heavy atom. The highest BCUT2D eigenvalue weighted by Gasteiger charge is 2.26. The molecule has 3 heterocycles. The van der Waals surface area contributed by atoms with Crippen molar-refractivity contribution in [1.29, 1.82) is 0 Å². The third kappa shape index (κ3) is 3.45. The predicted octanol–water partition coefficient (Wildman–Crippen LogP) is 2.39. The summed E-state index contributed by atoms with van der Waals surface area (Å²) in [6.07, 6.45) is 8.32. The standard InChI is InChI=1S/C22H25N7O/c1-13-21(17-9-10-28-19(11-17)25-22(23)27-28)14(2)29(26-13)12-20(30)24-18-7-5-16(6-8-18)15-3-4-15/h5-11,15,19H,3-4,12H2,1-2H3,(H,24,30)(H3,23,25,27). The monoisotopic (exact) mass is 403 g/mol. The van der Waals surface area contributed by atoms with Gasteiger partial charge in [-0.25, -0.2) is 4.99 Å². The van der Waals surface area contributed by atoms with E-state index in [4.69, 9.17) is 5.73 Å². The number of nitrogens with two attached hydrogens (primary N) is 1. The summed E-state index contributed by atoms with van der Waals surface area (Å²) in [4.78, 5) is 17.0. The number of nitrogens with zero attached hydrogens (tertiary/aromatic N) is 4. The molecule has 1 fully saturated rings. The minimum Gasteiger partial charge on any atom is -0.368 e. The van der Waals surface area contributed by atoms with E-state index in [1.54, 1.807) is 4.68 Å². The number of amides is 1. The van der Waals surface area contributed by atoms with Crippen LogP contribution in [0.25, 0.3) is 5.57 Å². The van der Waals surface area contributed by atoms with Gasteiger partial charge < -0.3 is 11.1 Å². The number of hydrazine groups is 1. The van der Waals surface area contributed by atoms with Gasteiger partial charge in [0.1, 0.15) is 6.54 Å².